The Bertz CT molecular complexity index is 802. The van der Waals surface area contributed by atoms with Gasteiger partial charge >= 0.3 is 6.01 Å². The zero-order chi connectivity index (χ0) is 16.2. The topological polar surface area (TPSA) is 44.2 Å². The molecule has 3 aromatic rings. The lowest BCUT2D eigenvalue weighted by molar-refractivity contribution is 0.386. The van der Waals surface area contributed by atoms with E-state index >= 15 is 0 Å². The van der Waals surface area contributed by atoms with Crippen molar-refractivity contribution in [1.29, 1.82) is 0 Å². The van der Waals surface area contributed by atoms with Crippen LogP contribution in [0.25, 0.3) is 0 Å². The minimum absolute atomic E-state index is 0.0253. The number of rotatable bonds is 4. The van der Waals surface area contributed by atoms with Gasteiger partial charge in [-0.05, 0) is 38.1 Å². The van der Waals surface area contributed by atoms with Gasteiger partial charge in [0.15, 0.2) is 0 Å². The van der Waals surface area contributed by atoms with Crippen LogP contribution in [-0.2, 0) is 0 Å². The van der Waals surface area contributed by atoms with Crippen LogP contribution in [0, 0.1) is 19.7 Å². The number of hydrogen-bond acceptors (Lipinski definition) is 4. The Morgan fingerprint density at radius 3 is 1.87 bits per heavy atom. The smallest absolute Gasteiger partial charge is 0.325 e. The molecule has 23 heavy (non-hydrogen) atoms. The summed E-state index contributed by atoms with van der Waals surface area (Å²) in [7, 11) is 0. The van der Waals surface area contributed by atoms with Crippen LogP contribution in [0.15, 0.2) is 54.7 Å². The van der Waals surface area contributed by atoms with E-state index in [2.05, 4.69) is 9.97 Å². The minimum Gasteiger partial charge on any atom is -0.436 e. The molecule has 0 unspecified atom stereocenters. The van der Waals surface area contributed by atoms with Crippen LogP contribution in [0.5, 0.6) is 23.4 Å². The highest BCUT2D eigenvalue weighted by Crippen LogP contribution is 2.25. The number of ether oxygens (including phenoxy) is 2. The maximum absolute atomic E-state index is 13.8. The van der Waals surface area contributed by atoms with E-state index in [4.69, 9.17) is 9.47 Å². The molecular formula is C18H15FN2O2. The Balaban J connectivity index is 1.81. The molecule has 0 aliphatic heterocycles. The zero-order valence-electron chi connectivity index (χ0n) is 12.8. The molecule has 0 amide bonds. The third kappa shape index (κ3) is 3.83. The second kappa shape index (κ2) is 6.44. The van der Waals surface area contributed by atoms with E-state index in [1.165, 1.54) is 0 Å². The summed E-state index contributed by atoms with van der Waals surface area (Å²) < 4.78 is 24.8. The van der Waals surface area contributed by atoms with E-state index in [1.807, 2.05) is 38.1 Å². The average Bonchev–Trinajstić information content (AvgIpc) is 2.55. The summed E-state index contributed by atoms with van der Waals surface area (Å²) in [4.78, 5) is 7.80. The van der Waals surface area contributed by atoms with Crippen molar-refractivity contribution >= 4 is 0 Å². The van der Waals surface area contributed by atoms with Crippen LogP contribution in [0.3, 0.4) is 0 Å². The molecule has 0 aliphatic carbocycles. The molecule has 3 rings (SSSR count). The van der Waals surface area contributed by atoms with Crippen molar-refractivity contribution < 1.29 is 13.9 Å². The molecule has 1 heterocycles. The van der Waals surface area contributed by atoms with Gasteiger partial charge in [-0.2, -0.15) is 9.37 Å². The van der Waals surface area contributed by atoms with Gasteiger partial charge in [0.05, 0.1) is 6.20 Å². The van der Waals surface area contributed by atoms with E-state index < -0.39 is 5.82 Å². The van der Waals surface area contributed by atoms with Crippen LogP contribution >= 0.6 is 0 Å². The summed E-state index contributed by atoms with van der Waals surface area (Å²) >= 11 is 0. The second-order valence-corrected chi connectivity index (χ2v) is 5.14. The third-order valence-electron chi connectivity index (χ3n) is 3.16. The maximum atomic E-state index is 13.8. The Hall–Kier alpha value is -2.95. The van der Waals surface area contributed by atoms with Crippen molar-refractivity contribution in [2.45, 2.75) is 13.8 Å². The maximum Gasteiger partial charge on any atom is 0.325 e. The van der Waals surface area contributed by atoms with Crippen LogP contribution in [0.1, 0.15) is 11.1 Å². The third-order valence-corrected chi connectivity index (χ3v) is 3.16. The van der Waals surface area contributed by atoms with Crippen molar-refractivity contribution in [3.63, 3.8) is 0 Å². The van der Waals surface area contributed by atoms with E-state index in [9.17, 15) is 4.39 Å². The average molecular weight is 310 g/mol. The molecule has 0 spiro atoms. The summed E-state index contributed by atoms with van der Waals surface area (Å²) in [6, 6.07) is 14.7. The van der Waals surface area contributed by atoms with Crippen molar-refractivity contribution in [3.8, 4) is 23.4 Å². The molecule has 0 radical (unpaired) electrons. The van der Waals surface area contributed by atoms with Crippen molar-refractivity contribution in [2.24, 2.45) is 0 Å². The van der Waals surface area contributed by atoms with Gasteiger partial charge in [0.2, 0.25) is 5.82 Å². The predicted molar refractivity (Wildman–Crippen MR) is 84.5 cm³/mol. The number of aromatic nitrogens is 2. The largest absolute Gasteiger partial charge is 0.436 e. The SMILES string of the molecule is Cc1ccc(Oc2ncc(F)c(Oc3ccc(C)cc3)n2)cc1. The van der Waals surface area contributed by atoms with Crippen molar-refractivity contribution in [1.82, 2.24) is 9.97 Å². The number of benzene rings is 2. The fraction of sp³-hybridized carbons (Fsp3) is 0.111. The van der Waals surface area contributed by atoms with Gasteiger partial charge in [-0.3, -0.25) is 0 Å². The van der Waals surface area contributed by atoms with Gasteiger partial charge in [-0.1, -0.05) is 35.4 Å². The molecule has 5 heteroatoms. The van der Waals surface area contributed by atoms with Crippen molar-refractivity contribution in [2.75, 3.05) is 0 Å². The molecular weight excluding hydrogens is 295 g/mol. The second-order valence-electron chi connectivity index (χ2n) is 5.14. The predicted octanol–water partition coefficient (Wildman–Crippen LogP) is 4.82. The highest BCUT2D eigenvalue weighted by atomic mass is 19.1. The molecule has 116 valence electrons. The van der Waals surface area contributed by atoms with Crippen LogP contribution in [0.4, 0.5) is 4.39 Å². The van der Waals surface area contributed by atoms with Gasteiger partial charge in [0.25, 0.3) is 5.88 Å². The summed E-state index contributed by atoms with van der Waals surface area (Å²) in [5.74, 6) is 0.241. The summed E-state index contributed by atoms with van der Waals surface area (Å²) in [6.07, 6.45) is 1.03. The van der Waals surface area contributed by atoms with Crippen molar-refractivity contribution in [3.05, 3.63) is 71.7 Å². The first-order chi connectivity index (χ1) is 11.1. The highest BCUT2D eigenvalue weighted by Gasteiger charge is 2.11. The Kier molecular flexibility index (Phi) is 4.19. The number of hydrogen-bond donors (Lipinski definition) is 0. The molecule has 0 saturated carbocycles. The first-order valence-corrected chi connectivity index (χ1v) is 7.12. The van der Waals surface area contributed by atoms with Crippen LogP contribution < -0.4 is 9.47 Å². The van der Waals surface area contributed by atoms with Gasteiger partial charge in [0.1, 0.15) is 11.5 Å². The van der Waals surface area contributed by atoms with E-state index in [-0.39, 0.29) is 11.9 Å². The fourth-order valence-corrected chi connectivity index (χ4v) is 1.89. The molecule has 1 aromatic heterocycles. The number of halogens is 1. The molecule has 0 saturated heterocycles. The molecule has 4 nitrogen and oxygen atoms in total. The summed E-state index contributed by atoms with van der Waals surface area (Å²) in [5.41, 5.74) is 2.20. The Morgan fingerprint density at radius 2 is 1.30 bits per heavy atom. The molecule has 0 aliphatic rings. The lowest BCUT2D eigenvalue weighted by Crippen LogP contribution is -1.97. The Morgan fingerprint density at radius 1 is 0.783 bits per heavy atom. The lowest BCUT2D eigenvalue weighted by Gasteiger charge is -2.08. The fourth-order valence-electron chi connectivity index (χ4n) is 1.89. The molecule has 0 atom stereocenters. The van der Waals surface area contributed by atoms with Crippen LogP contribution in [-0.4, -0.2) is 9.97 Å². The minimum atomic E-state index is -0.651. The zero-order valence-corrected chi connectivity index (χ0v) is 12.8. The first-order valence-electron chi connectivity index (χ1n) is 7.12. The Labute approximate surface area is 133 Å². The normalized spacial score (nSPS) is 10.4. The summed E-state index contributed by atoms with van der Waals surface area (Å²) in [5, 5.41) is 0. The first kappa shape index (κ1) is 15.0. The van der Waals surface area contributed by atoms with E-state index in [1.54, 1.807) is 24.3 Å². The summed E-state index contributed by atoms with van der Waals surface area (Å²) in [6.45, 7) is 3.94. The molecule has 0 fully saturated rings. The van der Waals surface area contributed by atoms with E-state index in [0.29, 0.717) is 11.5 Å². The standard InChI is InChI=1S/C18H15FN2O2/c1-12-3-7-14(8-4-12)22-17-16(19)11-20-18(21-17)23-15-9-5-13(2)6-10-15/h3-11H,1-2H3. The highest BCUT2D eigenvalue weighted by molar-refractivity contribution is 5.32. The molecule has 0 bridgehead atoms. The van der Waals surface area contributed by atoms with E-state index in [0.717, 1.165) is 17.3 Å². The van der Waals surface area contributed by atoms with Gasteiger partial charge in [-0.25, -0.2) is 4.98 Å². The van der Waals surface area contributed by atoms with Gasteiger partial charge < -0.3 is 9.47 Å². The van der Waals surface area contributed by atoms with Gasteiger partial charge in [0, 0.05) is 0 Å². The molecule has 2 aromatic carbocycles. The van der Waals surface area contributed by atoms with Crippen LogP contribution in [0.2, 0.25) is 0 Å². The quantitative estimate of drug-likeness (QED) is 0.693. The molecule has 0 N–H and O–H groups in total. The number of aryl methyl sites for hydroxylation is 2. The lowest BCUT2D eigenvalue weighted by atomic mass is 10.2. The van der Waals surface area contributed by atoms with Gasteiger partial charge in [-0.15, -0.1) is 0 Å². The number of nitrogens with zero attached hydrogens (tertiary/aromatic N) is 2. The monoisotopic (exact) mass is 310 g/mol.